The van der Waals surface area contributed by atoms with Gasteiger partial charge in [-0.15, -0.1) is 0 Å². The van der Waals surface area contributed by atoms with Crippen molar-refractivity contribution in [3.63, 3.8) is 0 Å². The third kappa shape index (κ3) is 5.83. The molecule has 1 atom stereocenters. The summed E-state index contributed by atoms with van der Waals surface area (Å²) in [6.45, 7) is 7.29. The molecule has 144 valence electrons. The van der Waals surface area contributed by atoms with Crippen LogP contribution in [0.25, 0.3) is 0 Å². The van der Waals surface area contributed by atoms with Crippen LogP contribution in [0.15, 0.2) is 4.99 Å². The lowest BCUT2D eigenvalue weighted by Gasteiger charge is -2.34. The van der Waals surface area contributed by atoms with Gasteiger partial charge >= 0.3 is 0 Å². The molecule has 3 aliphatic rings. The molecule has 2 aliphatic heterocycles. The predicted octanol–water partition coefficient (Wildman–Crippen LogP) is 1.56. The molecular weight excluding hydrogens is 316 g/mol. The summed E-state index contributed by atoms with van der Waals surface area (Å²) in [4.78, 5) is 9.58. The Balaban J connectivity index is 1.32. The minimum atomic E-state index is 0.396. The van der Waals surface area contributed by atoms with Crippen molar-refractivity contribution >= 4 is 5.96 Å². The maximum atomic E-state index is 5.96. The Labute approximate surface area is 152 Å². The molecule has 1 N–H and O–H groups in total. The van der Waals surface area contributed by atoms with E-state index in [1.54, 1.807) is 7.11 Å². The fourth-order valence-electron chi connectivity index (χ4n) is 4.06. The van der Waals surface area contributed by atoms with Gasteiger partial charge in [0, 0.05) is 59.6 Å². The highest BCUT2D eigenvalue weighted by Gasteiger charge is 2.34. The zero-order valence-electron chi connectivity index (χ0n) is 16.1. The number of piperidine rings is 1. The smallest absolute Gasteiger partial charge is 0.193 e. The molecule has 2 heterocycles. The first-order chi connectivity index (χ1) is 12.3. The molecule has 3 fully saturated rings. The number of methoxy groups -OCH3 is 1. The number of aliphatic imine (C=N–C) groups is 1. The van der Waals surface area contributed by atoms with Crippen molar-refractivity contribution in [2.24, 2.45) is 10.9 Å². The summed E-state index contributed by atoms with van der Waals surface area (Å²) in [6, 6.07) is 0.909. The molecule has 1 aliphatic carbocycles. The van der Waals surface area contributed by atoms with E-state index in [2.05, 4.69) is 20.1 Å². The highest BCUT2D eigenvalue weighted by atomic mass is 16.5. The molecule has 0 spiro atoms. The van der Waals surface area contributed by atoms with Crippen LogP contribution in [0.2, 0.25) is 0 Å². The first-order valence-corrected chi connectivity index (χ1v) is 10.1. The fraction of sp³-hybridized carbons (Fsp3) is 0.947. The zero-order chi connectivity index (χ0) is 17.5. The summed E-state index contributed by atoms with van der Waals surface area (Å²) in [5.74, 6) is 1.85. The Morgan fingerprint density at radius 1 is 1.08 bits per heavy atom. The van der Waals surface area contributed by atoms with Crippen molar-refractivity contribution in [3.05, 3.63) is 0 Å². The molecule has 0 radical (unpaired) electrons. The van der Waals surface area contributed by atoms with E-state index in [0.29, 0.717) is 6.10 Å². The molecule has 0 aromatic carbocycles. The van der Waals surface area contributed by atoms with Crippen LogP contribution in [-0.2, 0) is 9.47 Å². The zero-order valence-corrected chi connectivity index (χ0v) is 16.1. The lowest BCUT2D eigenvalue weighted by molar-refractivity contribution is 0.00988. The van der Waals surface area contributed by atoms with Crippen molar-refractivity contribution in [1.82, 2.24) is 15.1 Å². The SMILES string of the molecule is CN=C(NCC1CCN(C2CC2)C1)N1CCC(OCCCOC)CC1. The van der Waals surface area contributed by atoms with Gasteiger partial charge in [-0.3, -0.25) is 4.99 Å². The van der Waals surface area contributed by atoms with Gasteiger partial charge in [-0.2, -0.15) is 0 Å². The van der Waals surface area contributed by atoms with Crippen LogP contribution >= 0.6 is 0 Å². The molecule has 2 saturated heterocycles. The first-order valence-electron chi connectivity index (χ1n) is 10.1. The van der Waals surface area contributed by atoms with E-state index in [1.807, 2.05) is 7.05 Å². The topological polar surface area (TPSA) is 49.3 Å². The summed E-state index contributed by atoms with van der Waals surface area (Å²) >= 11 is 0. The molecule has 0 amide bonds. The number of hydrogen-bond donors (Lipinski definition) is 1. The van der Waals surface area contributed by atoms with E-state index in [9.17, 15) is 0 Å². The lowest BCUT2D eigenvalue weighted by atomic mass is 10.1. The molecule has 1 unspecified atom stereocenters. The van der Waals surface area contributed by atoms with Crippen LogP contribution in [-0.4, -0.2) is 88.0 Å². The van der Waals surface area contributed by atoms with Gasteiger partial charge in [-0.05, 0) is 51.0 Å². The predicted molar refractivity (Wildman–Crippen MR) is 101 cm³/mol. The van der Waals surface area contributed by atoms with Crippen molar-refractivity contribution < 1.29 is 9.47 Å². The van der Waals surface area contributed by atoms with E-state index < -0.39 is 0 Å². The number of guanidine groups is 1. The third-order valence-electron chi connectivity index (χ3n) is 5.73. The summed E-state index contributed by atoms with van der Waals surface area (Å²) in [6.07, 6.45) is 7.73. The van der Waals surface area contributed by atoms with E-state index in [4.69, 9.17) is 9.47 Å². The van der Waals surface area contributed by atoms with Gasteiger partial charge in [-0.1, -0.05) is 0 Å². The van der Waals surface area contributed by atoms with Crippen molar-refractivity contribution in [2.75, 3.05) is 60.1 Å². The van der Waals surface area contributed by atoms with E-state index in [0.717, 1.165) is 70.0 Å². The van der Waals surface area contributed by atoms with Crippen LogP contribution in [0.4, 0.5) is 0 Å². The van der Waals surface area contributed by atoms with Crippen LogP contribution < -0.4 is 5.32 Å². The molecule has 1 saturated carbocycles. The molecule has 6 nitrogen and oxygen atoms in total. The normalized spacial score (nSPS) is 26.4. The largest absolute Gasteiger partial charge is 0.385 e. The minimum absolute atomic E-state index is 0.396. The molecular formula is C19H36N4O2. The molecule has 3 rings (SSSR count). The van der Waals surface area contributed by atoms with Crippen LogP contribution in [0.5, 0.6) is 0 Å². The second-order valence-corrected chi connectivity index (χ2v) is 7.71. The highest BCUT2D eigenvalue weighted by Crippen LogP contribution is 2.31. The Bertz CT molecular complexity index is 420. The van der Waals surface area contributed by atoms with Crippen LogP contribution in [0.1, 0.15) is 38.5 Å². The molecule has 0 aromatic rings. The van der Waals surface area contributed by atoms with Crippen molar-refractivity contribution in [2.45, 2.75) is 50.7 Å². The van der Waals surface area contributed by atoms with Gasteiger partial charge in [0.25, 0.3) is 0 Å². The van der Waals surface area contributed by atoms with Crippen LogP contribution in [0, 0.1) is 5.92 Å². The van der Waals surface area contributed by atoms with Gasteiger partial charge < -0.3 is 24.6 Å². The van der Waals surface area contributed by atoms with Gasteiger partial charge in [0.1, 0.15) is 0 Å². The van der Waals surface area contributed by atoms with E-state index in [-0.39, 0.29) is 0 Å². The van der Waals surface area contributed by atoms with Gasteiger partial charge in [0.15, 0.2) is 5.96 Å². The molecule has 6 heteroatoms. The van der Waals surface area contributed by atoms with E-state index in [1.165, 1.54) is 32.4 Å². The Hall–Kier alpha value is -0.850. The second kappa shape index (κ2) is 9.74. The number of nitrogens with zero attached hydrogens (tertiary/aromatic N) is 3. The Morgan fingerprint density at radius 2 is 1.88 bits per heavy atom. The van der Waals surface area contributed by atoms with Crippen molar-refractivity contribution in [1.29, 1.82) is 0 Å². The second-order valence-electron chi connectivity index (χ2n) is 7.71. The summed E-state index contributed by atoms with van der Waals surface area (Å²) in [7, 11) is 3.65. The van der Waals surface area contributed by atoms with Crippen molar-refractivity contribution in [3.8, 4) is 0 Å². The minimum Gasteiger partial charge on any atom is -0.385 e. The number of likely N-dealkylation sites (tertiary alicyclic amines) is 2. The summed E-state index contributed by atoms with van der Waals surface area (Å²) in [5.41, 5.74) is 0. The Kier molecular flexibility index (Phi) is 7.37. The number of rotatable bonds is 8. The lowest BCUT2D eigenvalue weighted by Crippen LogP contribution is -2.48. The van der Waals surface area contributed by atoms with Gasteiger partial charge in [-0.25, -0.2) is 0 Å². The highest BCUT2D eigenvalue weighted by molar-refractivity contribution is 5.79. The Morgan fingerprint density at radius 3 is 2.56 bits per heavy atom. The summed E-state index contributed by atoms with van der Waals surface area (Å²) < 4.78 is 11.0. The number of ether oxygens (including phenoxy) is 2. The fourth-order valence-corrected chi connectivity index (χ4v) is 4.06. The third-order valence-corrected chi connectivity index (χ3v) is 5.73. The quantitative estimate of drug-likeness (QED) is 0.408. The maximum absolute atomic E-state index is 5.96. The average molecular weight is 353 g/mol. The van der Waals surface area contributed by atoms with Gasteiger partial charge in [0.2, 0.25) is 0 Å². The molecule has 0 aromatic heterocycles. The monoisotopic (exact) mass is 352 g/mol. The summed E-state index contributed by atoms with van der Waals surface area (Å²) in [5, 5.41) is 3.63. The standard InChI is InChI=1S/C19H36N4O2/c1-20-19(21-14-16-6-9-23(15-16)17-4-5-17)22-10-7-18(8-11-22)25-13-3-12-24-2/h16-18H,3-15H2,1-2H3,(H,20,21). The molecule has 25 heavy (non-hydrogen) atoms. The van der Waals surface area contributed by atoms with Crippen LogP contribution in [0.3, 0.4) is 0 Å². The maximum Gasteiger partial charge on any atom is 0.193 e. The first kappa shape index (κ1) is 18.9. The number of hydrogen-bond acceptors (Lipinski definition) is 4. The molecule has 0 bridgehead atoms. The number of nitrogens with one attached hydrogen (secondary N) is 1. The average Bonchev–Trinajstić information content (AvgIpc) is 3.39. The van der Waals surface area contributed by atoms with E-state index >= 15 is 0 Å². The van der Waals surface area contributed by atoms with Gasteiger partial charge in [0.05, 0.1) is 6.10 Å².